The van der Waals surface area contributed by atoms with Gasteiger partial charge in [-0.3, -0.25) is 0 Å². The SMILES string of the molecule is Cc1cc(-c2ncon2)cnc1OC(C)C. The number of hydrogen-bond acceptors (Lipinski definition) is 5. The van der Waals surface area contributed by atoms with Gasteiger partial charge in [-0.05, 0) is 26.8 Å². The van der Waals surface area contributed by atoms with E-state index in [4.69, 9.17) is 4.74 Å². The second-order valence-electron chi connectivity index (χ2n) is 3.77. The molecule has 0 amide bonds. The maximum absolute atomic E-state index is 5.54. The topological polar surface area (TPSA) is 61.0 Å². The number of rotatable bonds is 3. The molecule has 0 spiro atoms. The average molecular weight is 219 g/mol. The van der Waals surface area contributed by atoms with E-state index < -0.39 is 0 Å². The quantitative estimate of drug-likeness (QED) is 0.792. The molecule has 2 aromatic rings. The summed E-state index contributed by atoms with van der Waals surface area (Å²) in [6.45, 7) is 5.87. The highest BCUT2D eigenvalue weighted by Crippen LogP contribution is 2.21. The highest BCUT2D eigenvalue weighted by molar-refractivity contribution is 5.54. The second kappa shape index (κ2) is 4.30. The van der Waals surface area contributed by atoms with Gasteiger partial charge in [0, 0.05) is 17.3 Å². The van der Waals surface area contributed by atoms with Gasteiger partial charge in [-0.25, -0.2) is 4.98 Å². The molecule has 0 radical (unpaired) electrons. The first-order valence-corrected chi connectivity index (χ1v) is 5.07. The molecule has 0 aromatic carbocycles. The Bertz CT molecular complexity index is 466. The molecule has 84 valence electrons. The molecule has 0 fully saturated rings. The molecular weight excluding hydrogens is 206 g/mol. The zero-order valence-corrected chi connectivity index (χ0v) is 9.47. The van der Waals surface area contributed by atoms with E-state index in [1.54, 1.807) is 6.20 Å². The molecule has 0 bridgehead atoms. The summed E-state index contributed by atoms with van der Waals surface area (Å²) in [6.07, 6.45) is 3.08. The van der Waals surface area contributed by atoms with Crippen molar-refractivity contribution in [3.8, 4) is 17.3 Å². The molecule has 0 unspecified atom stereocenters. The Morgan fingerprint density at radius 1 is 1.31 bits per heavy atom. The number of aromatic nitrogens is 3. The molecule has 2 heterocycles. The minimum atomic E-state index is 0.113. The zero-order chi connectivity index (χ0) is 11.5. The summed E-state index contributed by atoms with van der Waals surface area (Å²) in [6, 6.07) is 1.93. The molecule has 16 heavy (non-hydrogen) atoms. The van der Waals surface area contributed by atoms with Crippen molar-refractivity contribution in [1.29, 1.82) is 0 Å². The van der Waals surface area contributed by atoms with Crippen molar-refractivity contribution in [2.45, 2.75) is 26.9 Å². The van der Waals surface area contributed by atoms with Crippen molar-refractivity contribution in [3.63, 3.8) is 0 Å². The molecule has 0 aliphatic rings. The largest absolute Gasteiger partial charge is 0.475 e. The van der Waals surface area contributed by atoms with Crippen LogP contribution in [-0.2, 0) is 0 Å². The predicted octanol–water partition coefficient (Wildman–Crippen LogP) is 2.23. The summed E-state index contributed by atoms with van der Waals surface area (Å²) < 4.78 is 10.2. The number of hydrogen-bond donors (Lipinski definition) is 0. The van der Waals surface area contributed by atoms with Gasteiger partial charge < -0.3 is 9.26 Å². The van der Waals surface area contributed by atoms with Crippen LogP contribution in [0.4, 0.5) is 0 Å². The third-order valence-corrected chi connectivity index (χ3v) is 2.00. The molecular formula is C11H13N3O2. The smallest absolute Gasteiger partial charge is 0.216 e. The molecule has 0 saturated carbocycles. The molecule has 0 aliphatic carbocycles. The first kappa shape index (κ1) is 10.6. The van der Waals surface area contributed by atoms with Crippen molar-refractivity contribution in [3.05, 3.63) is 24.2 Å². The van der Waals surface area contributed by atoms with Crippen LogP contribution in [0.5, 0.6) is 5.88 Å². The summed E-state index contributed by atoms with van der Waals surface area (Å²) in [5.41, 5.74) is 1.78. The number of nitrogens with zero attached hydrogens (tertiary/aromatic N) is 3. The highest BCUT2D eigenvalue weighted by atomic mass is 16.5. The maximum atomic E-state index is 5.54. The van der Waals surface area contributed by atoms with Gasteiger partial charge in [-0.2, -0.15) is 4.98 Å². The van der Waals surface area contributed by atoms with Crippen LogP contribution in [0.25, 0.3) is 11.4 Å². The van der Waals surface area contributed by atoms with E-state index in [9.17, 15) is 0 Å². The summed E-state index contributed by atoms with van der Waals surface area (Å²) in [5, 5.41) is 3.75. The summed E-state index contributed by atoms with van der Waals surface area (Å²) in [4.78, 5) is 8.19. The van der Waals surface area contributed by atoms with Crippen LogP contribution in [-0.4, -0.2) is 21.2 Å². The molecule has 0 N–H and O–H groups in total. The monoisotopic (exact) mass is 219 g/mol. The van der Waals surface area contributed by atoms with Crippen LogP contribution in [0, 0.1) is 6.92 Å². The van der Waals surface area contributed by atoms with Crippen LogP contribution in [0.1, 0.15) is 19.4 Å². The predicted molar refractivity (Wildman–Crippen MR) is 58.0 cm³/mol. The molecule has 2 aromatic heterocycles. The van der Waals surface area contributed by atoms with Crippen LogP contribution in [0.15, 0.2) is 23.2 Å². The molecule has 5 nitrogen and oxygen atoms in total. The lowest BCUT2D eigenvalue weighted by atomic mass is 10.2. The Kier molecular flexibility index (Phi) is 2.85. The minimum absolute atomic E-state index is 0.113. The van der Waals surface area contributed by atoms with Crippen molar-refractivity contribution in [1.82, 2.24) is 15.1 Å². The van der Waals surface area contributed by atoms with E-state index in [-0.39, 0.29) is 6.10 Å². The highest BCUT2D eigenvalue weighted by Gasteiger charge is 2.08. The maximum Gasteiger partial charge on any atom is 0.216 e. The number of pyridine rings is 1. The van der Waals surface area contributed by atoms with E-state index in [0.717, 1.165) is 11.1 Å². The van der Waals surface area contributed by atoms with E-state index in [2.05, 4.69) is 19.6 Å². The van der Waals surface area contributed by atoms with Crippen LogP contribution in [0.2, 0.25) is 0 Å². The third-order valence-electron chi connectivity index (χ3n) is 2.00. The van der Waals surface area contributed by atoms with Crippen LogP contribution in [0.3, 0.4) is 0 Å². The molecule has 0 saturated heterocycles. The van der Waals surface area contributed by atoms with Crippen molar-refractivity contribution in [2.24, 2.45) is 0 Å². The lowest BCUT2D eigenvalue weighted by Gasteiger charge is -2.11. The second-order valence-corrected chi connectivity index (χ2v) is 3.77. The van der Waals surface area contributed by atoms with Crippen LogP contribution < -0.4 is 4.74 Å². The summed E-state index contributed by atoms with van der Waals surface area (Å²) >= 11 is 0. The molecule has 0 atom stereocenters. The standard InChI is InChI=1S/C11H13N3O2/c1-7(2)16-11-8(3)4-9(5-12-11)10-13-6-15-14-10/h4-7H,1-3H3. The van der Waals surface area contributed by atoms with E-state index in [1.165, 1.54) is 6.39 Å². The van der Waals surface area contributed by atoms with Gasteiger partial charge in [-0.15, -0.1) is 0 Å². The Labute approximate surface area is 93.5 Å². The van der Waals surface area contributed by atoms with Gasteiger partial charge >= 0.3 is 0 Å². The fourth-order valence-electron chi connectivity index (χ4n) is 1.33. The minimum Gasteiger partial charge on any atom is -0.475 e. The number of ether oxygens (including phenoxy) is 1. The van der Waals surface area contributed by atoms with E-state index in [0.29, 0.717) is 11.7 Å². The van der Waals surface area contributed by atoms with Crippen molar-refractivity contribution >= 4 is 0 Å². The van der Waals surface area contributed by atoms with Gasteiger partial charge in [0.25, 0.3) is 0 Å². The van der Waals surface area contributed by atoms with Gasteiger partial charge in [0.15, 0.2) is 0 Å². The molecule has 2 rings (SSSR count). The van der Waals surface area contributed by atoms with Gasteiger partial charge in [-0.1, -0.05) is 5.16 Å². The van der Waals surface area contributed by atoms with Gasteiger partial charge in [0.05, 0.1) is 6.10 Å². The van der Waals surface area contributed by atoms with E-state index in [1.807, 2.05) is 26.8 Å². The first-order valence-electron chi connectivity index (χ1n) is 5.07. The first-order chi connectivity index (χ1) is 7.66. The Balaban J connectivity index is 2.29. The lowest BCUT2D eigenvalue weighted by molar-refractivity contribution is 0.231. The van der Waals surface area contributed by atoms with E-state index >= 15 is 0 Å². The molecule has 5 heteroatoms. The summed E-state index contributed by atoms with van der Waals surface area (Å²) in [7, 11) is 0. The average Bonchev–Trinajstić information content (AvgIpc) is 2.73. The normalized spacial score (nSPS) is 10.8. The third kappa shape index (κ3) is 2.18. The Morgan fingerprint density at radius 3 is 2.69 bits per heavy atom. The summed E-state index contributed by atoms with van der Waals surface area (Å²) in [5.74, 6) is 1.17. The Hall–Kier alpha value is -1.91. The van der Waals surface area contributed by atoms with Crippen LogP contribution >= 0.6 is 0 Å². The number of aryl methyl sites for hydroxylation is 1. The molecule has 0 aliphatic heterocycles. The van der Waals surface area contributed by atoms with Gasteiger partial charge in [0.1, 0.15) is 0 Å². The fourth-order valence-corrected chi connectivity index (χ4v) is 1.33. The Morgan fingerprint density at radius 2 is 2.12 bits per heavy atom. The lowest BCUT2D eigenvalue weighted by Crippen LogP contribution is -2.08. The zero-order valence-electron chi connectivity index (χ0n) is 9.47. The van der Waals surface area contributed by atoms with Gasteiger partial charge in [0.2, 0.25) is 18.1 Å². The van der Waals surface area contributed by atoms with Crippen molar-refractivity contribution < 1.29 is 9.26 Å². The van der Waals surface area contributed by atoms with Crippen molar-refractivity contribution in [2.75, 3.05) is 0 Å². The fraction of sp³-hybridized carbons (Fsp3) is 0.364.